The number of aryl methyl sites for hydroxylation is 1. The molecule has 3 rings (SSSR count). The molecular weight excluding hydrogens is 232 g/mol. The number of likely N-dealkylation sites (tertiary alicyclic amines) is 1. The second-order valence-electron chi connectivity index (χ2n) is 6.25. The van der Waals surface area contributed by atoms with E-state index in [4.69, 9.17) is 0 Å². The van der Waals surface area contributed by atoms with Crippen LogP contribution in [-0.2, 0) is 0 Å². The first-order valence-corrected chi connectivity index (χ1v) is 7.81. The third-order valence-corrected chi connectivity index (χ3v) is 4.95. The molecule has 3 unspecified atom stereocenters. The third kappa shape index (κ3) is 2.70. The van der Waals surface area contributed by atoms with Gasteiger partial charge >= 0.3 is 0 Å². The van der Waals surface area contributed by atoms with Gasteiger partial charge in [0.25, 0.3) is 0 Å². The predicted molar refractivity (Wildman–Crippen MR) is 80.3 cm³/mol. The Balaban J connectivity index is 1.73. The number of hydrogen-bond acceptors (Lipinski definition) is 2. The summed E-state index contributed by atoms with van der Waals surface area (Å²) in [5.41, 5.74) is 2.89. The van der Waals surface area contributed by atoms with Crippen LogP contribution < -0.4 is 5.32 Å². The molecule has 2 fully saturated rings. The fraction of sp³-hybridized carbons (Fsp3) is 0.647. The number of benzene rings is 1. The predicted octanol–water partition coefficient (Wildman–Crippen LogP) is 3.13. The maximum atomic E-state index is 3.68. The summed E-state index contributed by atoms with van der Waals surface area (Å²) >= 11 is 0. The molecule has 1 aromatic rings. The molecule has 19 heavy (non-hydrogen) atoms. The lowest BCUT2D eigenvalue weighted by molar-refractivity contribution is 0.192. The van der Waals surface area contributed by atoms with Gasteiger partial charge in [0.2, 0.25) is 0 Å². The Morgan fingerprint density at radius 3 is 2.79 bits per heavy atom. The van der Waals surface area contributed by atoms with E-state index in [2.05, 4.69) is 48.3 Å². The van der Waals surface area contributed by atoms with E-state index in [0.29, 0.717) is 6.04 Å². The summed E-state index contributed by atoms with van der Waals surface area (Å²) in [7, 11) is 0. The summed E-state index contributed by atoms with van der Waals surface area (Å²) in [6.45, 7) is 8.00. The molecule has 1 aliphatic carbocycles. The molecule has 1 heterocycles. The molecule has 0 amide bonds. The number of nitrogens with one attached hydrogen (secondary N) is 1. The maximum absolute atomic E-state index is 3.68. The Kier molecular flexibility index (Phi) is 3.90. The highest BCUT2D eigenvalue weighted by Crippen LogP contribution is 2.38. The minimum atomic E-state index is 0.491. The van der Waals surface area contributed by atoms with Crippen molar-refractivity contribution < 1.29 is 0 Å². The van der Waals surface area contributed by atoms with Crippen molar-refractivity contribution in [2.75, 3.05) is 19.6 Å². The lowest BCUT2D eigenvalue weighted by atomic mass is 10.00. The van der Waals surface area contributed by atoms with Gasteiger partial charge in [-0.25, -0.2) is 0 Å². The molecule has 1 saturated carbocycles. The minimum Gasteiger partial charge on any atom is -0.309 e. The first-order chi connectivity index (χ1) is 9.28. The number of fused-ring (bicyclic) bond motifs is 2. The van der Waals surface area contributed by atoms with Crippen molar-refractivity contribution in [3.63, 3.8) is 0 Å². The zero-order valence-corrected chi connectivity index (χ0v) is 12.2. The SMILES string of the molecule is CCNC(CN1CC2CCC1C2)c1ccccc1C. The Morgan fingerprint density at radius 2 is 2.16 bits per heavy atom. The van der Waals surface area contributed by atoms with E-state index in [0.717, 1.165) is 18.5 Å². The number of piperidine rings is 1. The standard InChI is InChI=1S/C17H26N2/c1-3-18-17(16-7-5-4-6-13(16)2)12-19-11-14-8-9-15(19)10-14/h4-7,14-15,17-18H,3,8-12H2,1-2H3. The summed E-state index contributed by atoms with van der Waals surface area (Å²) in [4.78, 5) is 2.73. The molecule has 0 radical (unpaired) electrons. The van der Waals surface area contributed by atoms with Crippen molar-refractivity contribution >= 4 is 0 Å². The first kappa shape index (κ1) is 13.1. The monoisotopic (exact) mass is 258 g/mol. The minimum absolute atomic E-state index is 0.491. The molecule has 1 saturated heterocycles. The fourth-order valence-corrected chi connectivity index (χ4v) is 3.98. The largest absolute Gasteiger partial charge is 0.309 e. The third-order valence-electron chi connectivity index (χ3n) is 4.95. The van der Waals surface area contributed by atoms with Crippen molar-refractivity contribution in [1.82, 2.24) is 10.2 Å². The van der Waals surface area contributed by atoms with Crippen LogP contribution in [0.2, 0.25) is 0 Å². The van der Waals surface area contributed by atoms with Gasteiger partial charge in [-0.15, -0.1) is 0 Å². The van der Waals surface area contributed by atoms with E-state index >= 15 is 0 Å². The van der Waals surface area contributed by atoms with E-state index in [-0.39, 0.29) is 0 Å². The van der Waals surface area contributed by atoms with Crippen molar-refractivity contribution in [3.8, 4) is 0 Å². The summed E-state index contributed by atoms with van der Waals surface area (Å²) < 4.78 is 0. The Hall–Kier alpha value is -0.860. The van der Waals surface area contributed by atoms with Crippen LogP contribution in [-0.4, -0.2) is 30.6 Å². The van der Waals surface area contributed by atoms with Gasteiger partial charge in [-0.2, -0.15) is 0 Å². The molecule has 2 aliphatic rings. The molecule has 2 bridgehead atoms. The summed E-state index contributed by atoms with van der Waals surface area (Å²) in [6, 6.07) is 10.2. The van der Waals surface area contributed by atoms with Crippen LogP contribution in [0.4, 0.5) is 0 Å². The van der Waals surface area contributed by atoms with Gasteiger partial charge < -0.3 is 5.32 Å². The summed E-state index contributed by atoms with van der Waals surface area (Å²) in [5.74, 6) is 0.990. The second kappa shape index (κ2) is 5.64. The van der Waals surface area contributed by atoms with Crippen LogP contribution in [0.1, 0.15) is 43.4 Å². The topological polar surface area (TPSA) is 15.3 Å². The molecule has 3 atom stereocenters. The van der Waals surface area contributed by atoms with E-state index in [9.17, 15) is 0 Å². The van der Waals surface area contributed by atoms with E-state index in [1.165, 1.54) is 43.5 Å². The van der Waals surface area contributed by atoms with Crippen molar-refractivity contribution in [1.29, 1.82) is 0 Å². The molecule has 0 spiro atoms. The van der Waals surface area contributed by atoms with Crippen molar-refractivity contribution in [2.24, 2.45) is 5.92 Å². The Bertz CT molecular complexity index is 429. The zero-order valence-electron chi connectivity index (χ0n) is 12.2. The van der Waals surface area contributed by atoms with Gasteiger partial charge in [-0.1, -0.05) is 31.2 Å². The van der Waals surface area contributed by atoms with Crippen LogP contribution in [0.5, 0.6) is 0 Å². The van der Waals surface area contributed by atoms with Crippen molar-refractivity contribution in [2.45, 2.75) is 45.2 Å². The quantitative estimate of drug-likeness (QED) is 0.873. The summed E-state index contributed by atoms with van der Waals surface area (Å²) in [6.07, 6.45) is 4.35. The zero-order chi connectivity index (χ0) is 13.2. The van der Waals surface area contributed by atoms with Gasteiger partial charge in [0.15, 0.2) is 0 Å². The van der Waals surface area contributed by atoms with Gasteiger partial charge in [-0.3, -0.25) is 4.90 Å². The fourth-order valence-electron chi connectivity index (χ4n) is 3.98. The number of nitrogens with zero attached hydrogens (tertiary/aromatic N) is 1. The molecule has 104 valence electrons. The van der Waals surface area contributed by atoms with Gasteiger partial charge in [0.1, 0.15) is 0 Å². The summed E-state index contributed by atoms with van der Waals surface area (Å²) in [5, 5.41) is 3.68. The smallest absolute Gasteiger partial charge is 0.0451 e. The highest BCUT2D eigenvalue weighted by atomic mass is 15.2. The van der Waals surface area contributed by atoms with Gasteiger partial charge in [0, 0.05) is 25.2 Å². The average molecular weight is 258 g/mol. The highest BCUT2D eigenvalue weighted by Gasteiger charge is 2.38. The van der Waals surface area contributed by atoms with Crippen LogP contribution in [0.3, 0.4) is 0 Å². The molecule has 0 aromatic heterocycles. The Labute approximate surface area is 117 Å². The van der Waals surface area contributed by atoms with Crippen LogP contribution in [0.25, 0.3) is 0 Å². The van der Waals surface area contributed by atoms with E-state index in [1.807, 2.05) is 0 Å². The van der Waals surface area contributed by atoms with Gasteiger partial charge in [-0.05, 0) is 49.8 Å². The van der Waals surface area contributed by atoms with Crippen LogP contribution in [0.15, 0.2) is 24.3 Å². The number of rotatable bonds is 5. The second-order valence-corrected chi connectivity index (χ2v) is 6.25. The van der Waals surface area contributed by atoms with Gasteiger partial charge in [0.05, 0.1) is 0 Å². The molecule has 2 nitrogen and oxygen atoms in total. The molecule has 2 heteroatoms. The number of likely N-dealkylation sites (N-methyl/N-ethyl adjacent to an activating group) is 1. The van der Waals surface area contributed by atoms with E-state index < -0.39 is 0 Å². The number of hydrogen-bond donors (Lipinski definition) is 1. The van der Waals surface area contributed by atoms with E-state index in [1.54, 1.807) is 0 Å². The van der Waals surface area contributed by atoms with Crippen molar-refractivity contribution in [3.05, 3.63) is 35.4 Å². The Morgan fingerprint density at radius 1 is 1.32 bits per heavy atom. The molecule has 1 N–H and O–H groups in total. The lowest BCUT2D eigenvalue weighted by Crippen LogP contribution is -2.39. The van der Waals surface area contributed by atoms with Crippen LogP contribution in [0, 0.1) is 12.8 Å². The van der Waals surface area contributed by atoms with Crippen LogP contribution >= 0.6 is 0 Å². The normalized spacial score (nSPS) is 27.9. The molecule has 1 aliphatic heterocycles. The molecular formula is C17H26N2. The first-order valence-electron chi connectivity index (χ1n) is 7.81. The lowest BCUT2D eigenvalue weighted by Gasteiger charge is -2.32. The average Bonchev–Trinajstić information content (AvgIpc) is 3.01. The molecule has 1 aromatic carbocycles. The highest BCUT2D eigenvalue weighted by molar-refractivity contribution is 5.29. The maximum Gasteiger partial charge on any atom is 0.0451 e.